The van der Waals surface area contributed by atoms with Gasteiger partial charge in [0.15, 0.2) is 0 Å². The molecule has 2 aromatic rings. The molecule has 166 valence electrons. The fourth-order valence-corrected chi connectivity index (χ4v) is 5.21. The van der Waals surface area contributed by atoms with Gasteiger partial charge in [-0.15, -0.1) is 0 Å². The van der Waals surface area contributed by atoms with Crippen LogP contribution in [-0.2, 0) is 24.2 Å². The number of hydrogen-bond acceptors (Lipinski definition) is 6. The topological polar surface area (TPSA) is 70.5 Å². The van der Waals surface area contributed by atoms with Crippen LogP contribution in [0.25, 0.3) is 0 Å². The van der Waals surface area contributed by atoms with Crippen molar-refractivity contribution in [3.05, 3.63) is 56.6 Å². The molecule has 2 heterocycles. The van der Waals surface area contributed by atoms with Gasteiger partial charge in [-0.2, -0.15) is 4.98 Å². The number of benzene rings is 1. The highest BCUT2D eigenvalue weighted by Gasteiger charge is 2.25. The van der Waals surface area contributed by atoms with Crippen molar-refractivity contribution in [2.75, 3.05) is 44.0 Å². The molecule has 0 bridgehead atoms. The summed E-state index contributed by atoms with van der Waals surface area (Å²) >= 11 is 7.51. The van der Waals surface area contributed by atoms with Crippen molar-refractivity contribution >= 4 is 29.3 Å². The number of rotatable bonds is 6. The van der Waals surface area contributed by atoms with Crippen molar-refractivity contribution in [1.82, 2.24) is 19.9 Å². The van der Waals surface area contributed by atoms with E-state index in [1.54, 1.807) is 0 Å². The summed E-state index contributed by atoms with van der Waals surface area (Å²) in [4.78, 5) is 32.0. The predicted octanol–water partition coefficient (Wildman–Crippen LogP) is 2.07. The Bertz CT molecular complexity index is 1000. The Morgan fingerprint density at radius 1 is 1.16 bits per heavy atom. The van der Waals surface area contributed by atoms with Gasteiger partial charge in [0.05, 0.1) is 11.4 Å². The summed E-state index contributed by atoms with van der Waals surface area (Å²) < 4.78 is 1.81. The predicted molar refractivity (Wildman–Crippen MR) is 125 cm³/mol. The number of nitrogens with one attached hydrogen (secondary N) is 1. The molecule has 1 saturated heterocycles. The fourth-order valence-electron chi connectivity index (χ4n) is 4.10. The highest BCUT2D eigenvalue weighted by Crippen LogP contribution is 2.28. The summed E-state index contributed by atoms with van der Waals surface area (Å²) in [5.41, 5.74) is 2.86. The third-order valence-corrected chi connectivity index (χ3v) is 7.25. The average Bonchev–Trinajstić information content (AvgIpc) is 2.78. The summed E-state index contributed by atoms with van der Waals surface area (Å²) in [7, 11) is 2.10. The number of thioether (sulfide) groups is 1. The second-order valence-electron chi connectivity index (χ2n) is 8.06. The number of hydrogen-bond donors (Lipinski definition) is 1. The van der Waals surface area contributed by atoms with E-state index in [4.69, 9.17) is 11.6 Å². The van der Waals surface area contributed by atoms with Crippen molar-refractivity contribution in [2.45, 2.75) is 37.3 Å². The number of amides is 1. The van der Waals surface area contributed by atoms with Gasteiger partial charge in [-0.3, -0.25) is 4.79 Å². The number of piperazine rings is 1. The molecular weight excluding hydrogens is 434 g/mol. The van der Waals surface area contributed by atoms with Gasteiger partial charge in [0.25, 0.3) is 0 Å². The van der Waals surface area contributed by atoms with E-state index in [2.05, 4.69) is 27.3 Å². The maximum absolute atomic E-state index is 13.0. The normalized spacial score (nSPS) is 16.8. The Morgan fingerprint density at radius 3 is 2.68 bits per heavy atom. The number of carbonyl (C=O) groups is 1. The van der Waals surface area contributed by atoms with E-state index in [1.807, 2.05) is 28.9 Å². The number of likely N-dealkylation sites (N-methyl/N-ethyl adjacent to an activating group) is 1. The third-order valence-electron chi connectivity index (χ3n) is 5.87. The fraction of sp³-hybridized carbons (Fsp3) is 0.500. The molecule has 0 radical (unpaired) electrons. The molecule has 1 fully saturated rings. The maximum Gasteiger partial charge on any atom is 0.367 e. The lowest BCUT2D eigenvalue weighted by atomic mass is 9.97. The van der Waals surface area contributed by atoms with Crippen LogP contribution in [0, 0.1) is 0 Å². The molecule has 0 atom stereocenters. The Kier molecular flexibility index (Phi) is 7.20. The summed E-state index contributed by atoms with van der Waals surface area (Å²) in [6, 6.07) is 7.46. The number of carbonyl (C=O) groups excluding carboxylic acids is 1. The molecule has 1 amide bonds. The quantitative estimate of drug-likeness (QED) is 0.524. The molecule has 31 heavy (non-hydrogen) atoms. The monoisotopic (exact) mass is 461 g/mol. The Balaban J connectivity index is 1.46. The van der Waals surface area contributed by atoms with E-state index in [0.29, 0.717) is 16.6 Å². The van der Waals surface area contributed by atoms with Crippen LogP contribution >= 0.6 is 23.4 Å². The summed E-state index contributed by atoms with van der Waals surface area (Å²) in [6.07, 6.45) is 3.94. The van der Waals surface area contributed by atoms with Crippen LogP contribution in [0.2, 0.25) is 5.02 Å². The van der Waals surface area contributed by atoms with Crippen molar-refractivity contribution < 1.29 is 4.79 Å². The Labute approximate surface area is 191 Å². The van der Waals surface area contributed by atoms with Gasteiger partial charge in [-0.25, -0.2) is 9.47 Å². The van der Waals surface area contributed by atoms with Gasteiger partial charge in [0.1, 0.15) is 5.03 Å². The minimum Gasteiger partial charge on any atom is -0.351 e. The zero-order valence-corrected chi connectivity index (χ0v) is 19.3. The zero-order valence-electron chi connectivity index (χ0n) is 17.8. The molecule has 1 aromatic heterocycles. The molecule has 1 N–H and O–H groups in total. The van der Waals surface area contributed by atoms with Crippen LogP contribution in [-0.4, -0.2) is 59.4 Å². The molecule has 1 aliphatic heterocycles. The van der Waals surface area contributed by atoms with Crippen molar-refractivity contribution in [2.24, 2.45) is 0 Å². The van der Waals surface area contributed by atoms with E-state index < -0.39 is 0 Å². The molecule has 0 saturated carbocycles. The van der Waals surface area contributed by atoms with Crippen molar-refractivity contribution in [3.63, 3.8) is 0 Å². The van der Waals surface area contributed by atoms with Gasteiger partial charge in [0, 0.05) is 43.3 Å². The van der Waals surface area contributed by atoms with E-state index >= 15 is 0 Å². The first-order valence-corrected chi connectivity index (χ1v) is 12.1. The molecule has 7 nitrogen and oxygen atoms in total. The van der Waals surface area contributed by atoms with E-state index in [-0.39, 0.29) is 17.3 Å². The minimum atomic E-state index is -0.232. The molecule has 9 heteroatoms. The number of aromatic nitrogens is 2. The van der Waals surface area contributed by atoms with Crippen LogP contribution in [0.1, 0.15) is 29.7 Å². The van der Waals surface area contributed by atoms with Crippen LogP contribution in [0.3, 0.4) is 0 Å². The molecule has 0 unspecified atom stereocenters. The van der Waals surface area contributed by atoms with Crippen molar-refractivity contribution in [1.29, 1.82) is 0 Å². The van der Waals surface area contributed by atoms with Crippen LogP contribution in [0.5, 0.6) is 0 Å². The minimum absolute atomic E-state index is 0.0977. The van der Waals surface area contributed by atoms with E-state index in [0.717, 1.165) is 68.7 Å². The average molecular weight is 462 g/mol. The summed E-state index contributed by atoms with van der Waals surface area (Å²) in [5, 5.41) is 6.38. The molecule has 1 aromatic carbocycles. The first-order chi connectivity index (χ1) is 15.0. The maximum atomic E-state index is 13.0. The van der Waals surface area contributed by atoms with Crippen LogP contribution in [0.4, 0.5) is 0 Å². The van der Waals surface area contributed by atoms with Gasteiger partial charge in [-0.05, 0) is 44.4 Å². The Hall–Kier alpha value is -2.03. The number of halogens is 1. The standard InChI is InChI=1S/C22H28ClN5O2S/c1-26-10-12-27(13-11-26)28-19-9-5-3-7-17(19)21(25-22(28)30)31-15-20(29)24-14-16-6-2-4-8-18(16)23/h2,4,6,8H,3,5,7,9-15H2,1H3,(H,24,29). The molecular formula is C22H28ClN5O2S. The van der Waals surface area contributed by atoms with E-state index in [9.17, 15) is 9.59 Å². The number of fused-ring (bicyclic) bond motifs is 1. The molecule has 2 aliphatic rings. The zero-order chi connectivity index (χ0) is 21.8. The summed E-state index contributed by atoms with van der Waals surface area (Å²) in [5.74, 6) is 0.126. The lowest BCUT2D eigenvalue weighted by molar-refractivity contribution is -0.118. The van der Waals surface area contributed by atoms with Gasteiger partial charge in [0.2, 0.25) is 5.91 Å². The second-order valence-corrected chi connectivity index (χ2v) is 9.43. The SMILES string of the molecule is CN1CCN(n2c3c(c(SCC(=O)NCc4ccccc4Cl)nc2=O)CCCC3)CC1. The molecule has 4 rings (SSSR count). The highest BCUT2D eigenvalue weighted by molar-refractivity contribution is 7.99. The molecule has 0 spiro atoms. The molecule has 1 aliphatic carbocycles. The van der Waals surface area contributed by atoms with Crippen LogP contribution < -0.4 is 16.0 Å². The van der Waals surface area contributed by atoms with Gasteiger partial charge < -0.3 is 15.2 Å². The second kappa shape index (κ2) is 10.1. The van der Waals surface area contributed by atoms with Gasteiger partial charge in [-0.1, -0.05) is 41.6 Å². The highest BCUT2D eigenvalue weighted by atomic mass is 35.5. The summed E-state index contributed by atoms with van der Waals surface area (Å²) in [6.45, 7) is 3.89. The largest absolute Gasteiger partial charge is 0.367 e. The first kappa shape index (κ1) is 22.2. The number of nitrogens with zero attached hydrogens (tertiary/aromatic N) is 4. The Morgan fingerprint density at radius 2 is 1.90 bits per heavy atom. The van der Waals surface area contributed by atoms with Gasteiger partial charge >= 0.3 is 5.69 Å². The lowest BCUT2D eigenvalue weighted by Gasteiger charge is -2.37. The van der Waals surface area contributed by atoms with Crippen LogP contribution in [0.15, 0.2) is 34.1 Å². The lowest BCUT2D eigenvalue weighted by Crippen LogP contribution is -2.55. The van der Waals surface area contributed by atoms with E-state index in [1.165, 1.54) is 11.8 Å². The third kappa shape index (κ3) is 5.25. The first-order valence-electron chi connectivity index (χ1n) is 10.7. The smallest absolute Gasteiger partial charge is 0.351 e. The van der Waals surface area contributed by atoms with Crippen molar-refractivity contribution in [3.8, 4) is 0 Å².